The van der Waals surface area contributed by atoms with Gasteiger partial charge in [0.15, 0.2) is 11.6 Å². The van der Waals surface area contributed by atoms with Crippen LogP contribution in [0.25, 0.3) is 0 Å². The Hall–Kier alpha value is -2.38. The summed E-state index contributed by atoms with van der Waals surface area (Å²) in [5.74, 6) is -0.172. The molecule has 2 N–H and O–H groups in total. The lowest BCUT2D eigenvalue weighted by molar-refractivity contribution is 0.290. The maximum atomic E-state index is 13.9. The average Bonchev–Trinajstić information content (AvgIpc) is 2.46. The second-order valence-electron chi connectivity index (χ2n) is 5.04. The third-order valence-electron chi connectivity index (χ3n) is 3.03. The second-order valence-corrected chi connectivity index (χ2v) is 5.04. The first-order valence-corrected chi connectivity index (χ1v) is 6.74. The summed E-state index contributed by atoms with van der Waals surface area (Å²) in [4.78, 5) is 0. The van der Waals surface area contributed by atoms with Gasteiger partial charge in [-0.05, 0) is 48.7 Å². The van der Waals surface area contributed by atoms with Gasteiger partial charge in [0.1, 0.15) is 6.61 Å². The van der Waals surface area contributed by atoms with Gasteiger partial charge < -0.3 is 10.5 Å². The van der Waals surface area contributed by atoms with Crippen LogP contribution in [0, 0.1) is 17.1 Å². The highest BCUT2D eigenvalue weighted by Crippen LogP contribution is 2.20. The molecule has 2 aromatic carbocycles. The molecule has 2 rings (SSSR count). The van der Waals surface area contributed by atoms with Gasteiger partial charge in [-0.2, -0.15) is 5.26 Å². The Balaban J connectivity index is 2.01. The molecule has 0 saturated heterocycles. The Labute approximate surface area is 123 Å². The molecule has 0 spiro atoms. The SMILES string of the molecule is CC(N)Cc1ccc(OCc2ccc(C#N)cc2)c(F)c1. The average molecular weight is 284 g/mol. The summed E-state index contributed by atoms with van der Waals surface area (Å²) in [6.45, 7) is 2.14. The lowest BCUT2D eigenvalue weighted by Crippen LogP contribution is -2.17. The first-order chi connectivity index (χ1) is 10.1. The van der Waals surface area contributed by atoms with E-state index in [2.05, 4.69) is 0 Å². The number of nitriles is 1. The molecule has 0 bridgehead atoms. The van der Waals surface area contributed by atoms with Crippen LogP contribution in [0.3, 0.4) is 0 Å². The van der Waals surface area contributed by atoms with Crippen molar-refractivity contribution in [2.24, 2.45) is 5.73 Å². The zero-order valence-corrected chi connectivity index (χ0v) is 11.8. The highest BCUT2D eigenvalue weighted by Gasteiger charge is 2.06. The predicted octanol–water partition coefficient (Wildman–Crippen LogP) is 3.17. The number of hydrogen-bond acceptors (Lipinski definition) is 3. The topological polar surface area (TPSA) is 59.0 Å². The van der Waals surface area contributed by atoms with Crippen molar-refractivity contribution >= 4 is 0 Å². The molecule has 0 amide bonds. The molecule has 0 aliphatic carbocycles. The van der Waals surface area contributed by atoms with Gasteiger partial charge in [-0.3, -0.25) is 0 Å². The van der Waals surface area contributed by atoms with Gasteiger partial charge in [0.05, 0.1) is 11.6 Å². The standard InChI is InChI=1S/C17H17FN2O/c1-12(20)8-15-6-7-17(16(18)9-15)21-11-14-4-2-13(10-19)3-5-14/h2-7,9,12H,8,11,20H2,1H3. The van der Waals surface area contributed by atoms with Crippen molar-refractivity contribution in [2.45, 2.75) is 26.0 Å². The van der Waals surface area contributed by atoms with Gasteiger partial charge in [-0.1, -0.05) is 18.2 Å². The molecule has 0 aliphatic rings. The van der Waals surface area contributed by atoms with E-state index in [1.807, 2.05) is 19.1 Å². The quantitative estimate of drug-likeness (QED) is 0.917. The van der Waals surface area contributed by atoms with Gasteiger partial charge in [-0.15, -0.1) is 0 Å². The summed E-state index contributed by atoms with van der Waals surface area (Å²) in [6, 6.07) is 13.9. The van der Waals surface area contributed by atoms with Crippen molar-refractivity contribution in [3.8, 4) is 11.8 Å². The van der Waals surface area contributed by atoms with Crippen molar-refractivity contribution in [3.63, 3.8) is 0 Å². The van der Waals surface area contributed by atoms with Gasteiger partial charge in [0.25, 0.3) is 0 Å². The Kier molecular flexibility index (Phi) is 4.91. The van der Waals surface area contributed by atoms with E-state index in [1.54, 1.807) is 30.3 Å². The number of benzene rings is 2. The van der Waals surface area contributed by atoms with Crippen LogP contribution in [0.1, 0.15) is 23.6 Å². The molecule has 0 radical (unpaired) electrons. The van der Waals surface area contributed by atoms with Crippen LogP contribution in [0.15, 0.2) is 42.5 Å². The van der Waals surface area contributed by atoms with Gasteiger partial charge >= 0.3 is 0 Å². The molecule has 0 aliphatic heterocycles. The molecule has 0 fully saturated rings. The molecule has 0 heterocycles. The first kappa shape index (κ1) is 15.0. The van der Waals surface area contributed by atoms with E-state index in [-0.39, 0.29) is 24.2 Å². The van der Waals surface area contributed by atoms with Crippen LogP contribution < -0.4 is 10.5 Å². The van der Waals surface area contributed by atoms with Crippen LogP contribution >= 0.6 is 0 Å². The Bertz CT molecular complexity index is 645. The molecule has 3 nitrogen and oxygen atoms in total. The Morgan fingerprint density at radius 1 is 1.19 bits per heavy atom. The zero-order chi connectivity index (χ0) is 15.2. The second kappa shape index (κ2) is 6.87. The fourth-order valence-electron chi connectivity index (χ4n) is 2.00. The molecule has 0 aromatic heterocycles. The van der Waals surface area contributed by atoms with Crippen LogP contribution in [0.4, 0.5) is 4.39 Å². The molecule has 1 atom stereocenters. The summed E-state index contributed by atoms with van der Waals surface area (Å²) < 4.78 is 19.4. The zero-order valence-electron chi connectivity index (χ0n) is 11.8. The maximum Gasteiger partial charge on any atom is 0.165 e. The molecule has 108 valence electrons. The summed E-state index contributed by atoms with van der Waals surface area (Å²) in [7, 11) is 0. The molecule has 0 saturated carbocycles. The first-order valence-electron chi connectivity index (χ1n) is 6.74. The van der Waals surface area contributed by atoms with E-state index >= 15 is 0 Å². The predicted molar refractivity (Wildman–Crippen MR) is 79.2 cm³/mol. The van der Waals surface area contributed by atoms with Crippen molar-refractivity contribution in [1.29, 1.82) is 5.26 Å². The fraction of sp³-hybridized carbons (Fsp3) is 0.235. The van der Waals surface area contributed by atoms with Gasteiger partial charge in [-0.25, -0.2) is 4.39 Å². The van der Waals surface area contributed by atoms with Gasteiger partial charge in [0, 0.05) is 6.04 Å². The number of nitrogens with zero attached hydrogens (tertiary/aromatic N) is 1. The monoisotopic (exact) mass is 284 g/mol. The number of hydrogen-bond donors (Lipinski definition) is 1. The Morgan fingerprint density at radius 3 is 2.43 bits per heavy atom. The minimum atomic E-state index is -0.387. The summed E-state index contributed by atoms with van der Waals surface area (Å²) in [6.07, 6.45) is 0.632. The largest absolute Gasteiger partial charge is 0.486 e. The summed E-state index contributed by atoms with van der Waals surface area (Å²) >= 11 is 0. The molecule has 1 unspecified atom stereocenters. The fourth-order valence-corrected chi connectivity index (χ4v) is 2.00. The number of rotatable bonds is 5. The van der Waals surface area contributed by atoms with Crippen molar-refractivity contribution in [3.05, 3.63) is 65.0 Å². The normalized spacial score (nSPS) is 11.7. The molecule has 2 aromatic rings. The lowest BCUT2D eigenvalue weighted by Gasteiger charge is -2.10. The highest BCUT2D eigenvalue weighted by atomic mass is 19.1. The Morgan fingerprint density at radius 2 is 1.86 bits per heavy atom. The van der Waals surface area contributed by atoms with Crippen LogP contribution in [-0.2, 0) is 13.0 Å². The number of ether oxygens (including phenoxy) is 1. The summed E-state index contributed by atoms with van der Waals surface area (Å²) in [5.41, 5.74) is 8.02. The van der Waals surface area contributed by atoms with Crippen molar-refractivity contribution < 1.29 is 9.13 Å². The van der Waals surface area contributed by atoms with Crippen LogP contribution in [0.5, 0.6) is 5.75 Å². The third-order valence-corrected chi connectivity index (χ3v) is 3.03. The molecule has 4 heteroatoms. The number of halogens is 1. The molecular weight excluding hydrogens is 267 g/mol. The van der Waals surface area contributed by atoms with E-state index in [0.29, 0.717) is 12.0 Å². The van der Waals surface area contributed by atoms with Crippen molar-refractivity contribution in [2.75, 3.05) is 0 Å². The van der Waals surface area contributed by atoms with E-state index in [9.17, 15) is 4.39 Å². The minimum Gasteiger partial charge on any atom is -0.486 e. The molecule has 21 heavy (non-hydrogen) atoms. The van der Waals surface area contributed by atoms with Gasteiger partial charge in [0.2, 0.25) is 0 Å². The molecular formula is C17H17FN2O. The van der Waals surface area contributed by atoms with E-state index in [0.717, 1.165) is 11.1 Å². The number of nitrogens with two attached hydrogens (primary N) is 1. The lowest BCUT2D eigenvalue weighted by atomic mass is 10.1. The third kappa shape index (κ3) is 4.30. The van der Waals surface area contributed by atoms with E-state index < -0.39 is 0 Å². The maximum absolute atomic E-state index is 13.9. The van der Waals surface area contributed by atoms with Crippen molar-refractivity contribution in [1.82, 2.24) is 0 Å². The summed E-state index contributed by atoms with van der Waals surface area (Å²) in [5, 5.41) is 8.72. The smallest absolute Gasteiger partial charge is 0.165 e. The van der Waals surface area contributed by atoms with E-state index in [4.69, 9.17) is 15.7 Å². The van der Waals surface area contributed by atoms with Crippen LogP contribution in [-0.4, -0.2) is 6.04 Å². The highest BCUT2D eigenvalue weighted by molar-refractivity contribution is 5.33. The minimum absolute atomic E-state index is 0.00480. The van der Waals surface area contributed by atoms with Crippen LogP contribution in [0.2, 0.25) is 0 Å². The van der Waals surface area contributed by atoms with E-state index in [1.165, 1.54) is 6.07 Å².